The lowest BCUT2D eigenvalue weighted by molar-refractivity contribution is -0.121. The second-order valence-corrected chi connectivity index (χ2v) is 6.72. The monoisotopic (exact) mass is 280 g/mol. The predicted octanol–water partition coefficient (Wildman–Crippen LogP) is 1.76. The lowest BCUT2D eigenvalue weighted by atomic mass is 10.1. The largest absolute Gasteiger partial charge is 0.352 e. The van der Waals surface area contributed by atoms with Crippen LogP contribution in [0.5, 0.6) is 0 Å². The maximum absolute atomic E-state index is 12.1. The van der Waals surface area contributed by atoms with Gasteiger partial charge in [0.15, 0.2) is 5.78 Å². The van der Waals surface area contributed by atoms with E-state index < -0.39 is 0 Å². The molecule has 0 aliphatic heterocycles. The SMILES string of the molecule is Cc1cc(C(=O)CN(C)CC(=O)NC2CC2)c(C)s1. The summed E-state index contributed by atoms with van der Waals surface area (Å²) in [6.45, 7) is 4.53. The third-order valence-electron chi connectivity index (χ3n) is 3.11. The fraction of sp³-hybridized carbons (Fsp3) is 0.571. The molecule has 5 heteroatoms. The second kappa shape index (κ2) is 5.84. The second-order valence-electron chi connectivity index (χ2n) is 5.26. The Morgan fingerprint density at radius 2 is 2.05 bits per heavy atom. The van der Waals surface area contributed by atoms with Gasteiger partial charge >= 0.3 is 0 Å². The van der Waals surface area contributed by atoms with Crippen LogP contribution >= 0.6 is 11.3 Å². The number of carbonyl (C=O) groups excluding carboxylic acids is 2. The zero-order chi connectivity index (χ0) is 14.0. The number of rotatable bonds is 6. The number of thiophene rings is 1. The van der Waals surface area contributed by atoms with Gasteiger partial charge in [-0.05, 0) is 39.8 Å². The summed E-state index contributed by atoms with van der Waals surface area (Å²) >= 11 is 1.64. The number of amides is 1. The summed E-state index contributed by atoms with van der Waals surface area (Å²) in [6.07, 6.45) is 2.17. The third kappa shape index (κ3) is 4.14. The molecule has 1 aliphatic carbocycles. The Kier molecular flexibility index (Phi) is 4.37. The van der Waals surface area contributed by atoms with Crippen LogP contribution in [-0.2, 0) is 4.79 Å². The molecule has 0 spiro atoms. The zero-order valence-corrected chi connectivity index (χ0v) is 12.5. The van der Waals surface area contributed by atoms with Crippen LogP contribution in [0.15, 0.2) is 6.07 Å². The van der Waals surface area contributed by atoms with Crippen LogP contribution in [0.2, 0.25) is 0 Å². The van der Waals surface area contributed by atoms with Crippen molar-refractivity contribution in [2.75, 3.05) is 20.1 Å². The number of carbonyl (C=O) groups is 2. The maximum Gasteiger partial charge on any atom is 0.234 e. The van der Waals surface area contributed by atoms with E-state index in [1.54, 1.807) is 23.3 Å². The molecule has 1 aromatic heterocycles. The number of ketones is 1. The van der Waals surface area contributed by atoms with Gasteiger partial charge in [0.1, 0.15) is 0 Å². The minimum atomic E-state index is 0.0102. The average molecular weight is 280 g/mol. The zero-order valence-electron chi connectivity index (χ0n) is 11.7. The summed E-state index contributed by atoms with van der Waals surface area (Å²) in [6, 6.07) is 2.30. The number of nitrogens with one attached hydrogen (secondary N) is 1. The molecule has 1 heterocycles. The van der Waals surface area contributed by atoms with Gasteiger partial charge in [0.25, 0.3) is 0 Å². The minimum Gasteiger partial charge on any atom is -0.352 e. The molecule has 2 rings (SSSR count). The Morgan fingerprint density at radius 3 is 2.58 bits per heavy atom. The molecule has 1 amide bonds. The van der Waals surface area contributed by atoms with Crippen molar-refractivity contribution in [3.05, 3.63) is 21.4 Å². The van der Waals surface area contributed by atoms with Gasteiger partial charge in [-0.3, -0.25) is 14.5 Å². The van der Waals surface area contributed by atoms with Gasteiger partial charge in [-0.15, -0.1) is 11.3 Å². The molecule has 0 saturated heterocycles. The molecular formula is C14H20N2O2S. The van der Waals surface area contributed by atoms with Crippen LogP contribution in [0.4, 0.5) is 0 Å². The van der Waals surface area contributed by atoms with Crippen LogP contribution < -0.4 is 5.32 Å². The molecule has 0 unspecified atom stereocenters. The summed E-state index contributed by atoms with van der Waals surface area (Å²) in [7, 11) is 1.80. The van der Waals surface area contributed by atoms with E-state index in [2.05, 4.69) is 5.32 Å². The molecular weight excluding hydrogens is 260 g/mol. The summed E-state index contributed by atoms with van der Waals surface area (Å²) in [5.41, 5.74) is 0.789. The molecule has 0 bridgehead atoms. The molecule has 0 aromatic carbocycles. The molecule has 1 fully saturated rings. The van der Waals surface area contributed by atoms with Gasteiger partial charge in [-0.25, -0.2) is 0 Å². The van der Waals surface area contributed by atoms with Crippen LogP contribution in [-0.4, -0.2) is 42.8 Å². The first-order valence-corrected chi connectivity index (χ1v) is 7.35. The van der Waals surface area contributed by atoms with E-state index in [9.17, 15) is 9.59 Å². The normalized spacial score (nSPS) is 14.7. The van der Waals surface area contributed by atoms with Gasteiger partial charge in [0.05, 0.1) is 13.1 Å². The van der Waals surface area contributed by atoms with Crippen molar-refractivity contribution in [1.82, 2.24) is 10.2 Å². The van der Waals surface area contributed by atoms with Crippen LogP contribution in [0, 0.1) is 13.8 Å². The summed E-state index contributed by atoms with van der Waals surface area (Å²) in [5.74, 6) is 0.0968. The number of Topliss-reactive ketones (excluding diaryl/α,β-unsaturated/α-hetero) is 1. The first-order valence-electron chi connectivity index (χ1n) is 6.54. The average Bonchev–Trinajstić information content (AvgIpc) is 3.02. The van der Waals surface area contributed by atoms with Gasteiger partial charge in [0, 0.05) is 21.4 Å². The molecule has 19 heavy (non-hydrogen) atoms. The van der Waals surface area contributed by atoms with E-state index in [0.717, 1.165) is 28.2 Å². The lowest BCUT2D eigenvalue weighted by Gasteiger charge is -2.15. The fourth-order valence-electron chi connectivity index (χ4n) is 2.04. The van der Waals surface area contributed by atoms with E-state index in [1.807, 2.05) is 19.9 Å². The Hall–Kier alpha value is -1.20. The molecule has 4 nitrogen and oxygen atoms in total. The smallest absolute Gasteiger partial charge is 0.234 e. The van der Waals surface area contributed by atoms with Crippen LogP contribution in [0.25, 0.3) is 0 Å². The quantitative estimate of drug-likeness (QED) is 0.808. The van der Waals surface area contributed by atoms with E-state index in [1.165, 1.54) is 0 Å². The highest BCUT2D eigenvalue weighted by atomic mass is 32.1. The molecule has 1 aliphatic rings. The van der Waals surface area contributed by atoms with Crippen molar-refractivity contribution in [2.24, 2.45) is 0 Å². The third-order valence-corrected chi connectivity index (χ3v) is 4.08. The van der Waals surface area contributed by atoms with Crippen molar-refractivity contribution in [3.63, 3.8) is 0 Å². The summed E-state index contributed by atoms with van der Waals surface area (Å²) in [5, 5.41) is 2.92. The first kappa shape index (κ1) is 14.2. The molecule has 104 valence electrons. The number of hydrogen-bond acceptors (Lipinski definition) is 4. The highest BCUT2D eigenvalue weighted by molar-refractivity contribution is 7.12. The standard InChI is InChI=1S/C14H20N2O2S/c1-9-6-12(10(2)19-9)13(17)7-16(3)8-14(18)15-11-4-5-11/h6,11H,4-5,7-8H2,1-3H3,(H,15,18). The van der Waals surface area contributed by atoms with E-state index in [0.29, 0.717) is 6.04 Å². The van der Waals surface area contributed by atoms with Gasteiger partial charge in [-0.2, -0.15) is 0 Å². The molecule has 0 radical (unpaired) electrons. The topological polar surface area (TPSA) is 49.4 Å². The summed E-state index contributed by atoms with van der Waals surface area (Å²) < 4.78 is 0. The predicted molar refractivity (Wildman–Crippen MR) is 76.8 cm³/mol. The van der Waals surface area contributed by atoms with Crippen molar-refractivity contribution >= 4 is 23.0 Å². The molecule has 1 N–H and O–H groups in total. The van der Waals surface area contributed by atoms with Crippen LogP contribution in [0.1, 0.15) is 33.0 Å². The van der Waals surface area contributed by atoms with E-state index >= 15 is 0 Å². The minimum absolute atomic E-state index is 0.0102. The molecule has 1 saturated carbocycles. The van der Waals surface area contributed by atoms with Crippen molar-refractivity contribution in [1.29, 1.82) is 0 Å². The van der Waals surface area contributed by atoms with E-state index in [-0.39, 0.29) is 24.8 Å². The first-order chi connectivity index (χ1) is 8.95. The van der Waals surface area contributed by atoms with Gasteiger partial charge < -0.3 is 5.32 Å². The fourth-order valence-corrected chi connectivity index (χ4v) is 2.98. The molecule has 0 atom stereocenters. The Balaban J connectivity index is 1.83. The highest BCUT2D eigenvalue weighted by Gasteiger charge is 2.24. The maximum atomic E-state index is 12.1. The molecule has 1 aromatic rings. The van der Waals surface area contributed by atoms with Crippen LogP contribution in [0.3, 0.4) is 0 Å². The number of nitrogens with zero attached hydrogens (tertiary/aromatic N) is 1. The van der Waals surface area contributed by atoms with Crippen molar-refractivity contribution in [2.45, 2.75) is 32.7 Å². The summed E-state index contributed by atoms with van der Waals surface area (Å²) in [4.78, 5) is 27.7. The van der Waals surface area contributed by atoms with Gasteiger partial charge in [-0.1, -0.05) is 0 Å². The number of aryl methyl sites for hydroxylation is 2. The lowest BCUT2D eigenvalue weighted by Crippen LogP contribution is -2.38. The number of likely N-dealkylation sites (N-methyl/N-ethyl adjacent to an activating group) is 1. The highest BCUT2D eigenvalue weighted by Crippen LogP contribution is 2.21. The van der Waals surface area contributed by atoms with Gasteiger partial charge in [0.2, 0.25) is 5.91 Å². The Labute approximate surface area is 117 Å². The number of hydrogen-bond donors (Lipinski definition) is 1. The Morgan fingerprint density at radius 1 is 1.37 bits per heavy atom. The van der Waals surface area contributed by atoms with Crippen molar-refractivity contribution < 1.29 is 9.59 Å². The Bertz CT molecular complexity index is 492. The van der Waals surface area contributed by atoms with E-state index in [4.69, 9.17) is 0 Å². The van der Waals surface area contributed by atoms with Crippen molar-refractivity contribution in [3.8, 4) is 0 Å².